The molecule has 0 aliphatic rings. The summed E-state index contributed by atoms with van der Waals surface area (Å²) in [5.74, 6) is -0.0854. The van der Waals surface area contributed by atoms with Gasteiger partial charge in [-0.15, -0.1) is 0 Å². The number of nitrogens with one attached hydrogen (secondary N) is 2. The van der Waals surface area contributed by atoms with Gasteiger partial charge in [0.15, 0.2) is 0 Å². The van der Waals surface area contributed by atoms with Crippen LogP contribution in [0.3, 0.4) is 0 Å². The third kappa shape index (κ3) is 5.29. The van der Waals surface area contributed by atoms with Crippen molar-refractivity contribution >= 4 is 28.7 Å². The Hall–Kier alpha value is -2.94. The van der Waals surface area contributed by atoms with Crippen molar-refractivity contribution in [2.75, 3.05) is 0 Å². The number of benzene rings is 1. The summed E-state index contributed by atoms with van der Waals surface area (Å²) in [5, 5.41) is 16.9. The standard InChI is InChI=1S/C19H25N3O6/c1-10(2)17(18(23)21-19(24)27-11(3)4)20-12(5)16-9-13-8-14(22(25)26)6-7-15(13)28-16/h6-12,17,20H,1-5H3,(H,21,23,24)/t12?,17-/m0/s1. The van der Waals surface area contributed by atoms with Crippen LogP contribution in [0.15, 0.2) is 28.7 Å². The fourth-order valence-corrected chi connectivity index (χ4v) is 2.72. The first kappa shape index (κ1) is 21.4. The molecule has 1 aromatic carbocycles. The first-order valence-electron chi connectivity index (χ1n) is 9.04. The van der Waals surface area contributed by atoms with Crippen molar-refractivity contribution < 1.29 is 23.7 Å². The van der Waals surface area contributed by atoms with Crippen LogP contribution in [0.25, 0.3) is 11.0 Å². The number of nitrogens with zero attached hydrogens (tertiary/aromatic N) is 1. The fraction of sp³-hybridized carbons (Fsp3) is 0.474. The molecule has 2 rings (SSSR count). The molecule has 0 aliphatic carbocycles. The lowest BCUT2D eigenvalue weighted by atomic mass is 10.0. The largest absolute Gasteiger partial charge is 0.459 e. The summed E-state index contributed by atoms with van der Waals surface area (Å²) in [5.41, 5.74) is 0.490. The SMILES string of the molecule is CC(C)OC(=O)NC(=O)[C@@H](NC(C)c1cc2cc([N+](=O)[O-])ccc2o1)C(C)C. The van der Waals surface area contributed by atoms with E-state index < -0.39 is 23.0 Å². The number of alkyl carbamates (subject to hydrolysis) is 1. The van der Waals surface area contributed by atoms with Gasteiger partial charge in [-0.05, 0) is 38.8 Å². The average molecular weight is 391 g/mol. The van der Waals surface area contributed by atoms with Crippen molar-refractivity contribution in [3.63, 3.8) is 0 Å². The third-order valence-electron chi connectivity index (χ3n) is 4.10. The molecule has 0 spiro atoms. The molecule has 2 amide bonds. The second kappa shape index (κ2) is 8.83. The van der Waals surface area contributed by atoms with E-state index in [2.05, 4.69) is 10.6 Å². The zero-order chi connectivity index (χ0) is 21.0. The molecular formula is C19H25N3O6. The Morgan fingerprint density at radius 2 is 1.82 bits per heavy atom. The Balaban J connectivity index is 2.14. The van der Waals surface area contributed by atoms with Crippen LogP contribution < -0.4 is 10.6 Å². The number of hydrogen-bond donors (Lipinski definition) is 2. The summed E-state index contributed by atoms with van der Waals surface area (Å²) in [4.78, 5) is 34.6. The number of nitro benzene ring substituents is 1. The van der Waals surface area contributed by atoms with Gasteiger partial charge in [0.25, 0.3) is 5.69 Å². The molecule has 1 unspecified atom stereocenters. The summed E-state index contributed by atoms with van der Waals surface area (Å²) in [6.45, 7) is 8.88. The first-order valence-corrected chi connectivity index (χ1v) is 9.04. The summed E-state index contributed by atoms with van der Waals surface area (Å²) in [7, 11) is 0. The average Bonchev–Trinajstić information content (AvgIpc) is 3.01. The van der Waals surface area contributed by atoms with Gasteiger partial charge in [0.1, 0.15) is 11.3 Å². The zero-order valence-corrected chi connectivity index (χ0v) is 16.5. The Bertz CT molecular complexity index is 874. The number of ether oxygens (including phenoxy) is 1. The van der Waals surface area contributed by atoms with Gasteiger partial charge in [0.05, 0.1) is 23.1 Å². The molecule has 2 N–H and O–H groups in total. The van der Waals surface area contributed by atoms with Crippen LogP contribution in [0, 0.1) is 16.0 Å². The maximum atomic E-state index is 12.5. The molecule has 0 bridgehead atoms. The number of carbonyl (C=O) groups is 2. The topological polar surface area (TPSA) is 124 Å². The molecule has 152 valence electrons. The minimum atomic E-state index is -0.795. The van der Waals surface area contributed by atoms with E-state index >= 15 is 0 Å². The summed E-state index contributed by atoms with van der Waals surface area (Å²) in [6, 6.07) is 5.01. The van der Waals surface area contributed by atoms with Crippen molar-refractivity contribution in [3.8, 4) is 0 Å². The van der Waals surface area contributed by atoms with Gasteiger partial charge in [-0.2, -0.15) is 0 Å². The first-order chi connectivity index (χ1) is 13.1. The van der Waals surface area contributed by atoms with E-state index in [1.807, 2.05) is 13.8 Å². The summed E-state index contributed by atoms with van der Waals surface area (Å²) >= 11 is 0. The second-order valence-corrected chi connectivity index (χ2v) is 7.18. The van der Waals surface area contributed by atoms with Crippen molar-refractivity contribution in [2.45, 2.75) is 52.8 Å². The van der Waals surface area contributed by atoms with Gasteiger partial charge in [0, 0.05) is 17.5 Å². The van der Waals surface area contributed by atoms with Crippen LogP contribution in [0.1, 0.15) is 46.4 Å². The Kier molecular flexibility index (Phi) is 6.74. The molecule has 28 heavy (non-hydrogen) atoms. The van der Waals surface area contributed by atoms with E-state index in [1.165, 1.54) is 18.2 Å². The molecule has 0 saturated heterocycles. The maximum absolute atomic E-state index is 12.5. The highest BCUT2D eigenvalue weighted by atomic mass is 16.6. The number of rotatable bonds is 7. The molecule has 9 nitrogen and oxygen atoms in total. The van der Waals surface area contributed by atoms with E-state index in [0.29, 0.717) is 16.7 Å². The van der Waals surface area contributed by atoms with Gasteiger partial charge >= 0.3 is 6.09 Å². The third-order valence-corrected chi connectivity index (χ3v) is 4.10. The van der Waals surface area contributed by atoms with E-state index in [0.717, 1.165) is 0 Å². The number of non-ortho nitro benzene ring substituents is 1. The smallest absolute Gasteiger partial charge is 0.414 e. The molecule has 9 heteroatoms. The molecular weight excluding hydrogens is 366 g/mol. The van der Waals surface area contributed by atoms with E-state index in [9.17, 15) is 19.7 Å². The number of hydrogen-bond acceptors (Lipinski definition) is 7. The number of fused-ring (bicyclic) bond motifs is 1. The molecule has 0 aliphatic heterocycles. The predicted molar refractivity (Wildman–Crippen MR) is 103 cm³/mol. The van der Waals surface area contributed by atoms with Crippen molar-refractivity contribution in [3.05, 3.63) is 40.1 Å². The van der Waals surface area contributed by atoms with Crippen molar-refractivity contribution in [2.24, 2.45) is 5.92 Å². The van der Waals surface area contributed by atoms with Gasteiger partial charge < -0.3 is 9.15 Å². The lowest BCUT2D eigenvalue weighted by molar-refractivity contribution is -0.384. The Morgan fingerprint density at radius 1 is 1.14 bits per heavy atom. The molecule has 0 radical (unpaired) electrons. The lowest BCUT2D eigenvalue weighted by Crippen LogP contribution is -2.50. The lowest BCUT2D eigenvalue weighted by Gasteiger charge is -2.24. The quantitative estimate of drug-likeness (QED) is 0.545. The minimum absolute atomic E-state index is 0.0245. The maximum Gasteiger partial charge on any atom is 0.414 e. The highest BCUT2D eigenvalue weighted by Gasteiger charge is 2.27. The van der Waals surface area contributed by atoms with Gasteiger partial charge in [-0.1, -0.05) is 13.8 Å². The summed E-state index contributed by atoms with van der Waals surface area (Å²) in [6.07, 6.45) is -1.13. The zero-order valence-electron chi connectivity index (χ0n) is 16.5. The van der Waals surface area contributed by atoms with Crippen LogP contribution in [-0.2, 0) is 9.53 Å². The van der Waals surface area contributed by atoms with Gasteiger partial charge in [-0.25, -0.2) is 4.79 Å². The molecule has 0 fully saturated rings. The number of amides is 2. The number of furan rings is 1. The Labute approximate surface area is 162 Å². The molecule has 2 aromatic rings. The van der Waals surface area contributed by atoms with Gasteiger partial charge in [-0.3, -0.25) is 25.5 Å². The van der Waals surface area contributed by atoms with Gasteiger partial charge in [0.2, 0.25) is 5.91 Å². The molecule has 1 aromatic heterocycles. The number of carbonyl (C=O) groups excluding carboxylic acids is 2. The molecule has 0 saturated carbocycles. The highest BCUT2D eigenvalue weighted by Crippen LogP contribution is 2.27. The number of nitro groups is 1. The monoisotopic (exact) mass is 391 g/mol. The molecule has 2 atom stereocenters. The second-order valence-electron chi connectivity index (χ2n) is 7.18. The van der Waals surface area contributed by atoms with E-state index in [1.54, 1.807) is 26.8 Å². The number of imide groups is 1. The van der Waals surface area contributed by atoms with E-state index in [4.69, 9.17) is 9.15 Å². The van der Waals surface area contributed by atoms with Crippen LogP contribution in [0.2, 0.25) is 0 Å². The molecule has 1 heterocycles. The predicted octanol–water partition coefficient (Wildman–Crippen LogP) is 3.68. The van der Waals surface area contributed by atoms with Crippen LogP contribution in [-0.4, -0.2) is 29.1 Å². The Morgan fingerprint density at radius 3 is 2.39 bits per heavy atom. The normalized spacial score (nSPS) is 13.5. The van der Waals surface area contributed by atoms with Crippen LogP contribution >= 0.6 is 0 Å². The van der Waals surface area contributed by atoms with Crippen LogP contribution in [0.4, 0.5) is 10.5 Å². The highest BCUT2D eigenvalue weighted by molar-refractivity contribution is 5.95. The fourth-order valence-electron chi connectivity index (χ4n) is 2.72. The van der Waals surface area contributed by atoms with Crippen molar-refractivity contribution in [1.82, 2.24) is 10.6 Å². The van der Waals surface area contributed by atoms with Crippen LogP contribution in [0.5, 0.6) is 0 Å². The van der Waals surface area contributed by atoms with Crippen molar-refractivity contribution in [1.29, 1.82) is 0 Å². The summed E-state index contributed by atoms with van der Waals surface area (Å²) < 4.78 is 10.7. The minimum Gasteiger partial charge on any atom is -0.459 e. The van der Waals surface area contributed by atoms with E-state index in [-0.39, 0.29) is 23.8 Å².